The third-order valence-corrected chi connectivity index (χ3v) is 7.34. The molecule has 5 rings (SSSR count). The van der Waals surface area contributed by atoms with E-state index in [2.05, 4.69) is 10.6 Å². The van der Waals surface area contributed by atoms with Crippen LogP contribution in [0.25, 0.3) is 0 Å². The molecule has 200 valence electrons. The monoisotopic (exact) mass is 565 g/mol. The quantitative estimate of drug-likeness (QED) is 0.399. The summed E-state index contributed by atoms with van der Waals surface area (Å²) in [6.45, 7) is 2.50. The van der Waals surface area contributed by atoms with Crippen LogP contribution in [0, 0.1) is 5.92 Å². The number of nitrogens with one attached hydrogen (secondary N) is 2. The fraction of sp³-hybridized carbons (Fsp3) is 0.241. The number of esters is 1. The molecule has 3 aromatic carbocycles. The van der Waals surface area contributed by atoms with Crippen molar-refractivity contribution in [2.75, 3.05) is 17.2 Å². The molecule has 0 spiro atoms. The maximum Gasteiger partial charge on any atom is 0.329 e. The fourth-order valence-corrected chi connectivity index (χ4v) is 5.10. The molecule has 3 aromatic rings. The molecule has 3 atom stereocenters. The largest absolute Gasteiger partial charge is 0.450 e. The van der Waals surface area contributed by atoms with Gasteiger partial charge in [0.25, 0.3) is 17.7 Å². The van der Waals surface area contributed by atoms with Crippen molar-refractivity contribution in [2.24, 2.45) is 5.92 Å². The van der Waals surface area contributed by atoms with Gasteiger partial charge in [-0.2, -0.15) is 0 Å². The number of carbonyl (C=O) groups is 4. The van der Waals surface area contributed by atoms with Crippen molar-refractivity contribution in [3.05, 3.63) is 93.5 Å². The highest BCUT2D eigenvalue weighted by Gasteiger charge is 2.47. The lowest BCUT2D eigenvalue weighted by Gasteiger charge is -2.33. The van der Waals surface area contributed by atoms with Gasteiger partial charge < -0.3 is 20.3 Å². The predicted molar refractivity (Wildman–Crippen MR) is 148 cm³/mol. The Labute approximate surface area is 235 Å². The van der Waals surface area contributed by atoms with Crippen LogP contribution < -0.4 is 10.6 Å². The van der Waals surface area contributed by atoms with Crippen LogP contribution in [0.1, 0.15) is 39.6 Å². The zero-order valence-corrected chi connectivity index (χ0v) is 22.5. The molecule has 2 heterocycles. The number of fused-ring (bicyclic) bond motifs is 1. The van der Waals surface area contributed by atoms with Gasteiger partial charge in [-0.3, -0.25) is 14.4 Å². The summed E-state index contributed by atoms with van der Waals surface area (Å²) in [6, 6.07) is 17.2. The minimum atomic E-state index is -1.01. The first-order chi connectivity index (χ1) is 18.7. The number of nitrogens with zero attached hydrogens (tertiary/aromatic N) is 1. The number of hydrogen-bond donors (Lipinski definition) is 2. The first kappa shape index (κ1) is 26.7. The van der Waals surface area contributed by atoms with Crippen molar-refractivity contribution >= 4 is 58.3 Å². The third kappa shape index (κ3) is 5.92. The number of cyclic esters (lactones) is 1. The maximum absolute atomic E-state index is 13.2. The van der Waals surface area contributed by atoms with Gasteiger partial charge in [-0.15, -0.1) is 0 Å². The number of amides is 3. The Hall–Kier alpha value is -3.88. The first-order valence-electron chi connectivity index (χ1n) is 12.5. The van der Waals surface area contributed by atoms with E-state index in [4.69, 9.17) is 27.9 Å². The van der Waals surface area contributed by atoms with Gasteiger partial charge in [-0.25, -0.2) is 4.79 Å². The van der Waals surface area contributed by atoms with Gasteiger partial charge in [0.2, 0.25) is 0 Å². The zero-order chi connectivity index (χ0) is 27.7. The molecule has 3 unspecified atom stereocenters. The Bertz CT molecular complexity index is 1440. The van der Waals surface area contributed by atoms with Crippen molar-refractivity contribution in [3.8, 4) is 0 Å². The first-order valence-corrected chi connectivity index (χ1v) is 13.2. The van der Waals surface area contributed by atoms with Crippen LogP contribution in [0.3, 0.4) is 0 Å². The SMILES string of the molecule is CC1CC2C(=O)OC(Cc3ccc(NC(=O)c4ccc(Cl)cc4)cc3NC(=O)c3ccc(Cl)cc3)C(=O)N2C1. The van der Waals surface area contributed by atoms with Crippen LogP contribution in [0.2, 0.25) is 10.0 Å². The Morgan fingerprint density at radius 2 is 1.49 bits per heavy atom. The van der Waals surface area contributed by atoms with E-state index in [0.717, 1.165) is 0 Å². The zero-order valence-electron chi connectivity index (χ0n) is 20.9. The lowest BCUT2D eigenvalue weighted by atomic mass is 10.0. The minimum absolute atomic E-state index is 0.0593. The molecule has 0 aliphatic carbocycles. The van der Waals surface area contributed by atoms with E-state index >= 15 is 0 Å². The van der Waals surface area contributed by atoms with E-state index in [0.29, 0.717) is 51.1 Å². The van der Waals surface area contributed by atoms with Crippen molar-refractivity contribution in [3.63, 3.8) is 0 Å². The summed E-state index contributed by atoms with van der Waals surface area (Å²) in [5.74, 6) is -1.22. The lowest BCUT2D eigenvalue weighted by molar-refractivity contribution is -0.175. The second-order valence-corrected chi connectivity index (χ2v) is 10.6. The van der Waals surface area contributed by atoms with E-state index in [1.807, 2.05) is 6.92 Å². The number of carbonyl (C=O) groups excluding carboxylic acids is 4. The molecule has 2 saturated heterocycles. The number of morpholine rings is 1. The summed E-state index contributed by atoms with van der Waals surface area (Å²) in [5, 5.41) is 6.67. The van der Waals surface area contributed by atoms with Gasteiger partial charge in [0.1, 0.15) is 6.04 Å². The molecular formula is C29H25Cl2N3O5. The van der Waals surface area contributed by atoms with Crippen LogP contribution in [0.5, 0.6) is 0 Å². The number of halogens is 2. The van der Waals surface area contributed by atoms with Crippen LogP contribution >= 0.6 is 23.2 Å². The Balaban J connectivity index is 1.41. The van der Waals surface area contributed by atoms with Crippen LogP contribution in [-0.4, -0.2) is 47.3 Å². The summed E-state index contributed by atoms with van der Waals surface area (Å²) < 4.78 is 5.55. The van der Waals surface area contributed by atoms with Gasteiger partial charge >= 0.3 is 5.97 Å². The van der Waals surface area contributed by atoms with Gasteiger partial charge in [0.05, 0.1) is 0 Å². The van der Waals surface area contributed by atoms with Gasteiger partial charge in [-0.05, 0) is 78.6 Å². The van der Waals surface area contributed by atoms with Crippen molar-refractivity contribution in [1.82, 2.24) is 4.90 Å². The Morgan fingerprint density at radius 3 is 2.10 bits per heavy atom. The molecule has 2 N–H and O–H groups in total. The highest BCUT2D eigenvalue weighted by Crippen LogP contribution is 2.31. The second-order valence-electron chi connectivity index (χ2n) is 9.77. The number of hydrogen-bond acceptors (Lipinski definition) is 5. The molecule has 8 nitrogen and oxygen atoms in total. The van der Waals surface area contributed by atoms with Crippen LogP contribution in [-0.2, 0) is 20.7 Å². The number of rotatable bonds is 6. The van der Waals surface area contributed by atoms with Crippen molar-refractivity contribution < 1.29 is 23.9 Å². The van der Waals surface area contributed by atoms with Gasteiger partial charge in [0, 0.05) is 45.5 Å². The third-order valence-electron chi connectivity index (χ3n) is 6.83. The van der Waals surface area contributed by atoms with Crippen molar-refractivity contribution in [2.45, 2.75) is 31.9 Å². The van der Waals surface area contributed by atoms with Crippen molar-refractivity contribution in [1.29, 1.82) is 0 Å². The number of anilines is 2. The molecule has 0 radical (unpaired) electrons. The van der Waals surface area contributed by atoms with Crippen LogP contribution in [0.4, 0.5) is 11.4 Å². The molecule has 0 aromatic heterocycles. The molecule has 0 saturated carbocycles. The topological polar surface area (TPSA) is 105 Å². The molecule has 10 heteroatoms. The average Bonchev–Trinajstić information content (AvgIpc) is 3.31. The molecule has 2 fully saturated rings. The molecule has 2 aliphatic rings. The molecule has 2 aliphatic heterocycles. The molecule has 39 heavy (non-hydrogen) atoms. The number of benzene rings is 3. The summed E-state index contributed by atoms with van der Waals surface area (Å²) in [7, 11) is 0. The predicted octanol–water partition coefficient (Wildman–Crippen LogP) is 5.20. The lowest BCUT2D eigenvalue weighted by Crippen LogP contribution is -2.54. The summed E-state index contributed by atoms with van der Waals surface area (Å²) in [4.78, 5) is 53.2. The van der Waals surface area contributed by atoms with Gasteiger partial charge in [-0.1, -0.05) is 36.2 Å². The summed E-state index contributed by atoms with van der Waals surface area (Å²) in [6.07, 6.45) is -0.370. The van der Waals surface area contributed by atoms with E-state index < -0.39 is 24.0 Å². The number of ether oxygens (including phenoxy) is 1. The van der Waals surface area contributed by atoms with E-state index in [1.165, 1.54) is 0 Å². The normalized spacial score (nSPS) is 20.3. The Kier molecular flexibility index (Phi) is 7.59. The maximum atomic E-state index is 13.2. The standard InChI is InChI=1S/C29H25Cl2N3O5/c1-16-12-24-29(38)39-25(28(37)34(24)15-16)13-19-6-11-22(32-26(35)17-2-7-20(30)8-3-17)14-23(19)33-27(36)18-4-9-21(31)10-5-18/h2-11,14,16,24-25H,12-13,15H2,1H3,(H,32,35)(H,33,36). The highest BCUT2D eigenvalue weighted by molar-refractivity contribution is 6.31. The average molecular weight is 566 g/mol. The van der Waals surface area contributed by atoms with Crippen LogP contribution in [0.15, 0.2) is 66.7 Å². The summed E-state index contributed by atoms with van der Waals surface area (Å²) in [5.41, 5.74) is 2.13. The van der Waals surface area contributed by atoms with E-state index in [-0.39, 0.29) is 24.2 Å². The van der Waals surface area contributed by atoms with Gasteiger partial charge in [0.15, 0.2) is 6.10 Å². The fourth-order valence-electron chi connectivity index (χ4n) is 4.84. The second kappa shape index (κ2) is 11.1. The smallest absolute Gasteiger partial charge is 0.329 e. The summed E-state index contributed by atoms with van der Waals surface area (Å²) >= 11 is 11.9. The minimum Gasteiger partial charge on any atom is -0.450 e. The van der Waals surface area contributed by atoms with E-state index in [9.17, 15) is 19.2 Å². The molecular weight excluding hydrogens is 541 g/mol. The van der Waals surface area contributed by atoms with E-state index in [1.54, 1.807) is 71.6 Å². The Morgan fingerprint density at radius 1 is 0.897 bits per heavy atom. The highest BCUT2D eigenvalue weighted by atomic mass is 35.5. The molecule has 3 amide bonds. The molecule has 0 bridgehead atoms.